The fourth-order valence-corrected chi connectivity index (χ4v) is 3.58. The molecular weight excluding hydrogens is 397 g/mol. The van der Waals surface area contributed by atoms with Gasteiger partial charge in [0.25, 0.3) is 0 Å². The first kappa shape index (κ1) is 20.9. The molecule has 0 saturated carbocycles. The molecule has 0 aliphatic carbocycles. The Balaban J connectivity index is 0.00000240. The van der Waals surface area contributed by atoms with Crippen molar-refractivity contribution in [1.29, 1.82) is 0 Å². The van der Waals surface area contributed by atoms with Crippen LogP contribution in [0, 0.1) is 5.82 Å². The molecule has 2 heterocycles. The molecule has 3 N–H and O–H groups in total. The first-order valence-electron chi connectivity index (χ1n) is 9.04. The lowest BCUT2D eigenvalue weighted by Gasteiger charge is -2.36. The number of nitrogens with zero attached hydrogens (tertiary/aromatic N) is 3. The largest absolute Gasteiger partial charge is 0.493 e. The van der Waals surface area contributed by atoms with Crippen molar-refractivity contribution in [1.82, 2.24) is 15.3 Å². The number of aromatic nitrogens is 2. The molecule has 0 spiro atoms. The van der Waals surface area contributed by atoms with E-state index in [1.807, 2.05) is 18.2 Å². The molecular formula is C20H23ClFN5O2. The highest BCUT2D eigenvalue weighted by Crippen LogP contribution is 2.38. The van der Waals surface area contributed by atoms with Gasteiger partial charge in [0, 0.05) is 25.0 Å². The minimum Gasteiger partial charge on any atom is -0.493 e. The number of piperazine rings is 1. The van der Waals surface area contributed by atoms with Crippen molar-refractivity contribution in [2.75, 3.05) is 44.5 Å². The third kappa shape index (κ3) is 3.73. The average Bonchev–Trinajstić information content (AvgIpc) is 2.74. The summed E-state index contributed by atoms with van der Waals surface area (Å²) in [6.07, 6.45) is 0. The Hall–Kier alpha value is -2.84. The van der Waals surface area contributed by atoms with Crippen LogP contribution >= 0.6 is 12.4 Å². The van der Waals surface area contributed by atoms with Crippen LogP contribution in [0.1, 0.15) is 11.6 Å². The predicted molar refractivity (Wildman–Crippen MR) is 114 cm³/mol. The molecule has 0 amide bonds. The highest BCUT2D eigenvalue weighted by Gasteiger charge is 2.28. The van der Waals surface area contributed by atoms with Crippen LogP contribution in [0.4, 0.5) is 16.2 Å². The second-order valence-electron chi connectivity index (χ2n) is 6.56. The Morgan fingerprint density at radius 1 is 1.17 bits per heavy atom. The maximum absolute atomic E-state index is 15.1. The summed E-state index contributed by atoms with van der Waals surface area (Å²) < 4.78 is 25.5. The summed E-state index contributed by atoms with van der Waals surface area (Å²) in [5.41, 5.74) is 7.42. The van der Waals surface area contributed by atoms with Crippen LogP contribution in [-0.4, -0.2) is 43.8 Å². The van der Waals surface area contributed by atoms with E-state index in [-0.39, 0.29) is 41.3 Å². The Morgan fingerprint density at radius 3 is 2.62 bits per heavy atom. The summed E-state index contributed by atoms with van der Waals surface area (Å²) >= 11 is 0. The molecule has 1 aliphatic rings. The van der Waals surface area contributed by atoms with Gasteiger partial charge in [-0.2, -0.15) is 4.98 Å². The number of nitrogens with one attached hydrogen (secondary N) is 1. The normalized spacial score (nSPS) is 16.4. The number of benzene rings is 2. The van der Waals surface area contributed by atoms with Gasteiger partial charge in [0.15, 0.2) is 17.3 Å². The molecule has 1 atom stereocenters. The lowest BCUT2D eigenvalue weighted by Crippen LogP contribution is -2.46. The number of ether oxygens (including phenoxy) is 2. The molecule has 3 aromatic rings. The number of rotatable bonds is 4. The van der Waals surface area contributed by atoms with Crippen molar-refractivity contribution in [3.05, 3.63) is 47.8 Å². The van der Waals surface area contributed by atoms with Gasteiger partial charge in [0.05, 0.1) is 20.3 Å². The molecule has 4 rings (SSSR count). The summed E-state index contributed by atoms with van der Waals surface area (Å²) in [6, 6.07) is 11.7. The Morgan fingerprint density at radius 2 is 1.93 bits per heavy atom. The van der Waals surface area contributed by atoms with Gasteiger partial charge < -0.3 is 25.4 Å². The maximum Gasteiger partial charge on any atom is 0.228 e. The van der Waals surface area contributed by atoms with Crippen molar-refractivity contribution in [2.45, 2.75) is 6.04 Å². The highest BCUT2D eigenvalue weighted by atomic mass is 35.5. The predicted octanol–water partition coefficient (Wildman–Crippen LogP) is 2.94. The van der Waals surface area contributed by atoms with Gasteiger partial charge >= 0.3 is 0 Å². The average molecular weight is 420 g/mol. The van der Waals surface area contributed by atoms with Gasteiger partial charge in [0.2, 0.25) is 5.95 Å². The number of methoxy groups -OCH3 is 2. The van der Waals surface area contributed by atoms with Gasteiger partial charge in [-0.15, -0.1) is 12.4 Å². The summed E-state index contributed by atoms with van der Waals surface area (Å²) in [6.45, 7) is 2.19. The number of hydrogen-bond donors (Lipinski definition) is 2. The number of nitrogens with two attached hydrogens (primary N) is 1. The minimum absolute atomic E-state index is 0. The van der Waals surface area contributed by atoms with Gasteiger partial charge in [-0.05, 0) is 11.6 Å². The number of hydrogen-bond acceptors (Lipinski definition) is 7. The quantitative estimate of drug-likeness (QED) is 0.672. The van der Waals surface area contributed by atoms with Crippen LogP contribution in [0.25, 0.3) is 10.9 Å². The molecule has 0 unspecified atom stereocenters. The third-order valence-corrected chi connectivity index (χ3v) is 4.98. The van der Waals surface area contributed by atoms with E-state index >= 15 is 4.39 Å². The van der Waals surface area contributed by atoms with E-state index in [0.717, 1.165) is 18.7 Å². The molecule has 29 heavy (non-hydrogen) atoms. The van der Waals surface area contributed by atoms with E-state index in [1.165, 1.54) is 14.2 Å². The lowest BCUT2D eigenvalue weighted by atomic mass is 10.0. The maximum atomic E-state index is 15.1. The molecule has 9 heteroatoms. The smallest absolute Gasteiger partial charge is 0.228 e. The van der Waals surface area contributed by atoms with Crippen LogP contribution in [0.15, 0.2) is 36.4 Å². The second kappa shape index (κ2) is 8.67. The molecule has 1 aromatic heterocycles. The van der Waals surface area contributed by atoms with E-state index in [0.29, 0.717) is 17.9 Å². The third-order valence-electron chi connectivity index (χ3n) is 4.98. The highest BCUT2D eigenvalue weighted by molar-refractivity contribution is 5.92. The molecule has 0 radical (unpaired) electrons. The monoisotopic (exact) mass is 419 g/mol. The summed E-state index contributed by atoms with van der Waals surface area (Å²) in [5.74, 6) is 0.231. The molecule has 2 aromatic carbocycles. The zero-order valence-corrected chi connectivity index (χ0v) is 17.0. The van der Waals surface area contributed by atoms with Gasteiger partial charge in [-0.1, -0.05) is 30.3 Å². The van der Waals surface area contributed by atoms with Crippen molar-refractivity contribution in [3.63, 3.8) is 0 Å². The Kier molecular flexibility index (Phi) is 6.24. The van der Waals surface area contributed by atoms with E-state index in [9.17, 15) is 0 Å². The van der Waals surface area contributed by atoms with Gasteiger partial charge in [0.1, 0.15) is 11.3 Å². The summed E-state index contributed by atoms with van der Waals surface area (Å²) in [5, 5.41) is 3.78. The first-order valence-corrected chi connectivity index (χ1v) is 9.04. The SMILES string of the molecule is COc1cc2c(N)nc(N3CCNC[C@@H]3c3ccccc3)nc2c(F)c1OC.Cl. The lowest BCUT2D eigenvalue weighted by molar-refractivity contribution is 0.339. The van der Waals surface area contributed by atoms with Gasteiger partial charge in [-0.3, -0.25) is 0 Å². The first-order chi connectivity index (χ1) is 13.6. The van der Waals surface area contributed by atoms with Crippen LogP contribution in [0.3, 0.4) is 0 Å². The fourth-order valence-electron chi connectivity index (χ4n) is 3.58. The topological polar surface area (TPSA) is 85.5 Å². The Labute approximate surface area is 174 Å². The molecule has 1 saturated heterocycles. The van der Waals surface area contributed by atoms with Crippen molar-refractivity contribution in [3.8, 4) is 11.5 Å². The summed E-state index contributed by atoms with van der Waals surface area (Å²) in [4.78, 5) is 11.0. The van der Waals surface area contributed by atoms with Crippen molar-refractivity contribution >= 4 is 35.1 Å². The molecule has 0 bridgehead atoms. The van der Waals surface area contributed by atoms with Crippen LogP contribution in [0.5, 0.6) is 11.5 Å². The zero-order valence-electron chi connectivity index (χ0n) is 16.2. The Bertz CT molecular complexity index is 1010. The van der Waals surface area contributed by atoms with E-state index in [4.69, 9.17) is 15.2 Å². The van der Waals surface area contributed by atoms with Crippen molar-refractivity contribution < 1.29 is 13.9 Å². The number of anilines is 2. The number of halogens is 2. The number of nitrogen functional groups attached to an aromatic ring is 1. The minimum atomic E-state index is -0.612. The summed E-state index contributed by atoms with van der Waals surface area (Å²) in [7, 11) is 2.83. The molecule has 7 nitrogen and oxygen atoms in total. The zero-order chi connectivity index (χ0) is 19.7. The molecule has 1 aliphatic heterocycles. The van der Waals surface area contributed by atoms with Gasteiger partial charge in [-0.25, -0.2) is 9.37 Å². The van der Waals surface area contributed by atoms with Crippen LogP contribution in [0.2, 0.25) is 0 Å². The van der Waals surface area contributed by atoms with Crippen molar-refractivity contribution in [2.24, 2.45) is 0 Å². The van der Waals surface area contributed by atoms with E-state index in [2.05, 4.69) is 32.3 Å². The van der Waals surface area contributed by atoms with E-state index < -0.39 is 5.82 Å². The van der Waals surface area contributed by atoms with E-state index in [1.54, 1.807) is 6.07 Å². The standard InChI is InChI=1S/C20H22FN5O2.ClH/c1-27-15-10-13-17(16(21)18(15)28-2)24-20(25-19(13)22)26-9-8-23-11-14(26)12-6-4-3-5-7-12;/h3-7,10,14,23H,8-9,11H2,1-2H3,(H2,22,24,25);1H/t14-;/m1./s1. The van der Waals surface area contributed by atoms with Crippen LogP contribution in [-0.2, 0) is 0 Å². The van der Waals surface area contributed by atoms with Crippen LogP contribution < -0.4 is 25.4 Å². The fraction of sp³-hybridized carbons (Fsp3) is 0.300. The molecule has 154 valence electrons. The second-order valence-corrected chi connectivity index (χ2v) is 6.56. The molecule has 1 fully saturated rings. The number of fused-ring (bicyclic) bond motifs is 1.